The number of carbonyl (C=O) groups is 1. The molecule has 0 unspecified atom stereocenters. The fourth-order valence-electron chi connectivity index (χ4n) is 2.75. The average Bonchev–Trinajstić information content (AvgIpc) is 3.01. The van der Waals surface area contributed by atoms with Crippen LogP contribution in [0.5, 0.6) is 0 Å². The molecule has 0 fully saturated rings. The van der Waals surface area contributed by atoms with Gasteiger partial charge in [-0.25, -0.2) is 12.4 Å². The molecule has 3 aromatic rings. The Balaban J connectivity index is 2.09. The summed E-state index contributed by atoms with van der Waals surface area (Å²) in [5, 5.41) is 3.42. The van der Waals surface area contributed by atoms with E-state index < -0.39 is 10.0 Å². The maximum Gasteiger partial charge on any atom is 0.268 e. The Labute approximate surface area is 167 Å². The molecule has 1 N–H and O–H groups in total. The second-order valence-electron chi connectivity index (χ2n) is 6.38. The molecular formula is C19H20BrN3O3S. The highest BCUT2D eigenvalue weighted by Gasteiger charge is 2.23. The molecule has 27 heavy (non-hydrogen) atoms. The van der Waals surface area contributed by atoms with Crippen LogP contribution in [0.1, 0.15) is 10.4 Å². The summed E-state index contributed by atoms with van der Waals surface area (Å²) in [7, 11) is 0.0159. The van der Waals surface area contributed by atoms with Crippen molar-refractivity contribution >= 4 is 42.8 Å². The first kappa shape index (κ1) is 19.6. The van der Waals surface area contributed by atoms with E-state index in [2.05, 4.69) is 21.2 Å². The van der Waals surface area contributed by atoms with Crippen LogP contribution in [0.15, 0.2) is 64.1 Å². The molecule has 0 bridgehead atoms. The van der Waals surface area contributed by atoms with E-state index >= 15 is 0 Å². The maximum atomic E-state index is 13.1. The monoisotopic (exact) mass is 449 g/mol. The van der Waals surface area contributed by atoms with Crippen LogP contribution in [-0.4, -0.2) is 50.4 Å². The third-order valence-electron chi connectivity index (χ3n) is 4.12. The number of hydrogen-bond acceptors (Lipinski definition) is 4. The molecule has 0 aliphatic carbocycles. The second-order valence-corrected chi connectivity index (χ2v) is 9.11. The van der Waals surface area contributed by atoms with Gasteiger partial charge in [0.25, 0.3) is 15.9 Å². The van der Waals surface area contributed by atoms with Crippen LogP contribution in [0.2, 0.25) is 0 Å². The van der Waals surface area contributed by atoms with Gasteiger partial charge in [-0.2, -0.15) is 0 Å². The molecular weight excluding hydrogens is 430 g/mol. The van der Waals surface area contributed by atoms with Crippen molar-refractivity contribution in [2.45, 2.75) is 4.90 Å². The third-order valence-corrected chi connectivity index (χ3v) is 6.30. The van der Waals surface area contributed by atoms with Gasteiger partial charge in [0.15, 0.2) is 0 Å². The first-order valence-electron chi connectivity index (χ1n) is 8.35. The van der Waals surface area contributed by atoms with Crippen LogP contribution in [0.25, 0.3) is 10.9 Å². The summed E-state index contributed by atoms with van der Waals surface area (Å²) >= 11 is 3.38. The van der Waals surface area contributed by atoms with Gasteiger partial charge >= 0.3 is 0 Å². The molecule has 8 heteroatoms. The minimum Gasteiger partial charge on any atom is -0.351 e. The van der Waals surface area contributed by atoms with E-state index in [-0.39, 0.29) is 10.8 Å². The number of halogens is 1. The predicted molar refractivity (Wildman–Crippen MR) is 110 cm³/mol. The number of carbonyl (C=O) groups excluding carboxylic acids is 1. The van der Waals surface area contributed by atoms with Crippen LogP contribution in [0, 0.1) is 0 Å². The van der Waals surface area contributed by atoms with Crippen molar-refractivity contribution < 1.29 is 13.2 Å². The van der Waals surface area contributed by atoms with E-state index in [4.69, 9.17) is 0 Å². The first-order chi connectivity index (χ1) is 12.8. The maximum absolute atomic E-state index is 13.1. The Morgan fingerprint density at radius 2 is 1.85 bits per heavy atom. The van der Waals surface area contributed by atoms with Crippen LogP contribution in [-0.2, 0) is 10.0 Å². The van der Waals surface area contributed by atoms with Gasteiger partial charge in [0.2, 0.25) is 0 Å². The van der Waals surface area contributed by atoms with Crippen LogP contribution >= 0.6 is 15.9 Å². The van der Waals surface area contributed by atoms with Gasteiger partial charge in [0, 0.05) is 29.1 Å². The fraction of sp³-hybridized carbons (Fsp3) is 0.211. The Morgan fingerprint density at radius 1 is 1.15 bits per heavy atom. The molecule has 0 saturated heterocycles. The molecule has 0 aliphatic heterocycles. The summed E-state index contributed by atoms with van der Waals surface area (Å²) in [5.41, 5.74) is 0.779. The minimum atomic E-state index is -3.82. The van der Waals surface area contributed by atoms with Gasteiger partial charge in [-0.1, -0.05) is 40.2 Å². The number of hydrogen-bond donors (Lipinski definition) is 1. The molecule has 2 aromatic carbocycles. The van der Waals surface area contributed by atoms with Gasteiger partial charge in [-0.15, -0.1) is 0 Å². The summed E-state index contributed by atoms with van der Waals surface area (Å²) in [6.07, 6.45) is 1.39. The van der Waals surface area contributed by atoms with Crippen LogP contribution in [0.4, 0.5) is 0 Å². The quantitative estimate of drug-likeness (QED) is 0.627. The lowest BCUT2D eigenvalue weighted by molar-refractivity contribution is 0.0952. The Kier molecular flexibility index (Phi) is 5.69. The number of nitrogens with zero attached hydrogens (tertiary/aromatic N) is 2. The van der Waals surface area contributed by atoms with Crippen molar-refractivity contribution in [3.8, 4) is 0 Å². The zero-order valence-corrected chi connectivity index (χ0v) is 17.4. The highest BCUT2D eigenvalue weighted by atomic mass is 79.9. The molecule has 1 heterocycles. The predicted octanol–water partition coefficient (Wildman–Crippen LogP) is 2.93. The summed E-state index contributed by atoms with van der Waals surface area (Å²) in [5.74, 6) is -0.300. The normalized spacial score (nSPS) is 11.9. The van der Waals surface area contributed by atoms with Crippen molar-refractivity contribution in [2.24, 2.45) is 0 Å². The molecule has 142 valence electrons. The van der Waals surface area contributed by atoms with E-state index in [1.807, 2.05) is 19.0 Å². The Hall–Kier alpha value is -2.16. The lowest BCUT2D eigenvalue weighted by atomic mass is 10.1. The lowest BCUT2D eigenvalue weighted by Crippen LogP contribution is -2.31. The van der Waals surface area contributed by atoms with Crippen molar-refractivity contribution in [1.82, 2.24) is 14.2 Å². The van der Waals surface area contributed by atoms with Crippen molar-refractivity contribution in [3.05, 3.63) is 64.8 Å². The van der Waals surface area contributed by atoms with E-state index in [0.29, 0.717) is 29.6 Å². The van der Waals surface area contributed by atoms with Crippen molar-refractivity contribution in [2.75, 3.05) is 27.2 Å². The minimum absolute atomic E-state index is 0.168. The largest absolute Gasteiger partial charge is 0.351 e. The second kappa shape index (κ2) is 7.84. The molecule has 6 nitrogen and oxygen atoms in total. The molecule has 1 amide bonds. The van der Waals surface area contributed by atoms with Crippen LogP contribution in [0.3, 0.4) is 0 Å². The number of fused-ring (bicyclic) bond motifs is 1. The molecule has 0 atom stereocenters. The third kappa shape index (κ3) is 4.07. The Morgan fingerprint density at radius 3 is 2.52 bits per heavy atom. The summed E-state index contributed by atoms with van der Waals surface area (Å²) in [4.78, 5) is 14.8. The SMILES string of the molecule is CN(C)CCNC(=O)c1cn(S(=O)(=O)c2ccccc2)c2cc(Br)ccc12. The molecule has 0 spiro atoms. The van der Waals surface area contributed by atoms with Gasteiger partial charge < -0.3 is 10.2 Å². The fourth-order valence-corrected chi connectivity index (χ4v) is 4.48. The standard InChI is InChI=1S/C19H20BrN3O3S/c1-22(2)11-10-21-19(24)17-13-23(18-12-14(20)8-9-16(17)18)27(25,26)15-6-4-3-5-7-15/h3-9,12-13H,10-11H2,1-2H3,(H,21,24). The highest BCUT2D eigenvalue weighted by Crippen LogP contribution is 2.28. The number of rotatable bonds is 6. The van der Waals surface area contributed by atoms with E-state index in [1.54, 1.807) is 36.4 Å². The van der Waals surface area contributed by atoms with Crippen LogP contribution < -0.4 is 5.32 Å². The number of likely N-dealkylation sites (N-methyl/N-ethyl adjacent to an activating group) is 1. The summed E-state index contributed by atoms with van der Waals surface area (Å²) in [6.45, 7) is 1.17. The van der Waals surface area contributed by atoms with E-state index in [0.717, 1.165) is 4.47 Å². The number of aromatic nitrogens is 1. The number of amides is 1. The molecule has 0 saturated carbocycles. The zero-order chi connectivity index (χ0) is 19.6. The van der Waals surface area contributed by atoms with Gasteiger partial charge in [0.05, 0.1) is 16.0 Å². The first-order valence-corrected chi connectivity index (χ1v) is 10.6. The van der Waals surface area contributed by atoms with Gasteiger partial charge in [-0.3, -0.25) is 4.79 Å². The van der Waals surface area contributed by atoms with Crippen molar-refractivity contribution in [1.29, 1.82) is 0 Å². The molecule has 1 aromatic heterocycles. The number of benzene rings is 2. The molecule has 3 rings (SSSR count). The molecule has 0 aliphatic rings. The van der Waals surface area contributed by atoms with Gasteiger partial charge in [-0.05, 0) is 38.4 Å². The summed E-state index contributed by atoms with van der Waals surface area (Å²) in [6, 6.07) is 13.4. The van der Waals surface area contributed by atoms with Crippen molar-refractivity contribution in [3.63, 3.8) is 0 Å². The average molecular weight is 450 g/mol. The Bertz CT molecular complexity index is 1080. The van der Waals surface area contributed by atoms with E-state index in [9.17, 15) is 13.2 Å². The highest BCUT2D eigenvalue weighted by molar-refractivity contribution is 9.10. The van der Waals surface area contributed by atoms with E-state index in [1.165, 1.54) is 22.3 Å². The molecule has 0 radical (unpaired) electrons. The van der Waals surface area contributed by atoms with Gasteiger partial charge in [0.1, 0.15) is 0 Å². The number of nitrogens with one attached hydrogen (secondary N) is 1. The zero-order valence-electron chi connectivity index (χ0n) is 15.0. The topological polar surface area (TPSA) is 71.4 Å². The summed E-state index contributed by atoms with van der Waals surface area (Å²) < 4.78 is 28.1. The lowest BCUT2D eigenvalue weighted by Gasteiger charge is -2.10. The smallest absolute Gasteiger partial charge is 0.268 e.